The van der Waals surface area contributed by atoms with Crippen molar-refractivity contribution in [3.05, 3.63) is 35.9 Å². The first kappa shape index (κ1) is 16.2. The van der Waals surface area contributed by atoms with E-state index >= 15 is 0 Å². The molecule has 0 saturated carbocycles. The number of Topliss-reactive ketones (excluding diaryl/α,β-unsaturated/α-hetero) is 1. The first-order valence-corrected chi connectivity index (χ1v) is 7.61. The molecule has 5 heteroatoms. The third-order valence-corrected chi connectivity index (χ3v) is 4.29. The van der Waals surface area contributed by atoms with E-state index in [1.165, 1.54) is 0 Å². The van der Waals surface area contributed by atoms with Crippen LogP contribution in [0.15, 0.2) is 30.3 Å². The van der Waals surface area contributed by atoms with Gasteiger partial charge in [0.25, 0.3) is 0 Å². The van der Waals surface area contributed by atoms with Gasteiger partial charge in [-0.25, -0.2) is 0 Å². The van der Waals surface area contributed by atoms with Gasteiger partial charge in [-0.15, -0.1) is 0 Å². The Labute approximate surface area is 129 Å². The number of hydrogen-bond donors (Lipinski definition) is 1. The second kappa shape index (κ2) is 7.20. The maximum Gasteiger partial charge on any atom is 0.308 e. The summed E-state index contributed by atoms with van der Waals surface area (Å²) in [5, 5.41) is 9.18. The average Bonchev–Trinajstić information content (AvgIpc) is 2.53. The third kappa shape index (κ3) is 3.72. The predicted octanol–water partition coefficient (Wildman–Crippen LogP) is 2.36. The molecule has 5 nitrogen and oxygen atoms in total. The van der Waals surface area contributed by atoms with Gasteiger partial charge in [-0.05, 0) is 19.8 Å². The van der Waals surface area contributed by atoms with Crippen LogP contribution in [-0.4, -0.2) is 40.3 Å². The monoisotopic (exact) mass is 303 g/mol. The summed E-state index contributed by atoms with van der Waals surface area (Å²) in [6, 6.07) is 8.57. The van der Waals surface area contributed by atoms with Crippen LogP contribution in [-0.2, 0) is 9.59 Å². The lowest BCUT2D eigenvalue weighted by molar-refractivity contribution is -0.149. The first-order valence-electron chi connectivity index (χ1n) is 7.61. The number of benzene rings is 1. The molecular formula is C17H21NO4. The molecule has 1 aliphatic rings. The van der Waals surface area contributed by atoms with Crippen molar-refractivity contribution in [3.63, 3.8) is 0 Å². The van der Waals surface area contributed by atoms with E-state index in [0.717, 1.165) is 0 Å². The standard InChI is InChI=1S/C17H21NO4/c1-12-14(17(21)22)8-5-11-18(12)16(20)10-9-15(19)13-6-3-2-4-7-13/h2-4,6-7,12,14H,5,8-11H2,1H3,(H,21,22)/t12-,14-/m1/s1. The number of aliphatic carboxylic acids is 1. The summed E-state index contributed by atoms with van der Waals surface area (Å²) in [5.74, 6) is -1.57. The van der Waals surface area contributed by atoms with E-state index in [1.54, 1.807) is 36.1 Å². The van der Waals surface area contributed by atoms with Gasteiger partial charge in [-0.3, -0.25) is 14.4 Å². The van der Waals surface area contributed by atoms with Gasteiger partial charge in [0, 0.05) is 31.0 Å². The number of likely N-dealkylation sites (tertiary alicyclic amines) is 1. The summed E-state index contributed by atoms with van der Waals surface area (Å²) >= 11 is 0. The largest absolute Gasteiger partial charge is 0.481 e. The van der Waals surface area contributed by atoms with Crippen LogP contribution in [0, 0.1) is 5.92 Å². The van der Waals surface area contributed by atoms with E-state index in [4.69, 9.17) is 0 Å². The molecule has 1 N–H and O–H groups in total. The van der Waals surface area contributed by atoms with Crippen LogP contribution < -0.4 is 0 Å². The summed E-state index contributed by atoms with van der Waals surface area (Å²) in [4.78, 5) is 37.1. The van der Waals surface area contributed by atoms with Crippen LogP contribution in [0.3, 0.4) is 0 Å². The molecule has 0 unspecified atom stereocenters. The molecule has 1 aromatic carbocycles. The zero-order valence-corrected chi connectivity index (χ0v) is 12.7. The molecule has 1 saturated heterocycles. The van der Waals surface area contributed by atoms with E-state index in [9.17, 15) is 19.5 Å². The first-order chi connectivity index (χ1) is 10.5. The van der Waals surface area contributed by atoms with Crippen molar-refractivity contribution in [3.8, 4) is 0 Å². The lowest BCUT2D eigenvalue weighted by Crippen LogP contribution is -2.49. The SMILES string of the molecule is C[C@@H]1[C@H](C(=O)O)CCCN1C(=O)CCC(=O)c1ccccc1. The maximum absolute atomic E-state index is 12.3. The molecule has 1 amide bonds. The van der Waals surface area contributed by atoms with Crippen LogP contribution >= 0.6 is 0 Å². The number of rotatable bonds is 5. The third-order valence-electron chi connectivity index (χ3n) is 4.29. The van der Waals surface area contributed by atoms with Gasteiger partial charge in [0.1, 0.15) is 0 Å². The highest BCUT2D eigenvalue weighted by molar-refractivity contribution is 5.98. The van der Waals surface area contributed by atoms with Gasteiger partial charge in [0.05, 0.1) is 5.92 Å². The van der Waals surface area contributed by atoms with Gasteiger partial charge in [0.15, 0.2) is 5.78 Å². The maximum atomic E-state index is 12.3. The highest BCUT2D eigenvalue weighted by Gasteiger charge is 2.35. The fourth-order valence-electron chi connectivity index (χ4n) is 2.96. The van der Waals surface area contributed by atoms with Crippen molar-refractivity contribution >= 4 is 17.7 Å². The molecular weight excluding hydrogens is 282 g/mol. The minimum atomic E-state index is -0.856. The van der Waals surface area contributed by atoms with Gasteiger partial charge in [-0.1, -0.05) is 30.3 Å². The molecule has 0 aliphatic carbocycles. The van der Waals surface area contributed by atoms with Crippen molar-refractivity contribution in [2.45, 2.75) is 38.6 Å². The molecule has 22 heavy (non-hydrogen) atoms. The molecule has 118 valence electrons. The van der Waals surface area contributed by atoms with Crippen LogP contribution in [0.25, 0.3) is 0 Å². The van der Waals surface area contributed by atoms with Crippen molar-refractivity contribution < 1.29 is 19.5 Å². The Bertz CT molecular complexity index is 555. The summed E-state index contributed by atoms with van der Waals surface area (Å²) in [7, 11) is 0. The van der Waals surface area contributed by atoms with Gasteiger partial charge in [0.2, 0.25) is 5.91 Å². The molecule has 1 aliphatic heterocycles. The second-order valence-corrected chi connectivity index (χ2v) is 5.70. The number of carbonyl (C=O) groups excluding carboxylic acids is 2. The Morgan fingerprint density at radius 1 is 1.18 bits per heavy atom. The summed E-state index contributed by atoms with van der Waals surface area (Å²) in [6.45, 7) is 2.35. The minimum Gasteiger partial charge on any atom is -0.481 e. The quantitative estimate of drug-likeness (QED) is 0.847. The van der Waals surface area contributed by atoms with E-state index in [-0.39, 0.29) is 30.6 Å². The Morgan fingerprint density at radius 3 is 2.50 bits per heavy atom. The summed E-state index contributed by atoms with van der Waals surface area (Å²) in [5.41, 5.74) is 0.602. The Morgan fingerprint density at radius 2 is 1.86 bits per heavy atom. The molecule has 0 bridgehead atoms. The number of carbonyl (C=O) groups is 3. The summed E-state index contributed by atoms with van der Waals surface area (Å²) in [6.07, 6.45) is 1.58. The topological polar surface area (TPSA) is 74.7 Å². The molecule has 1 heterocycles. The van der Waals surface area contributed by atoms with E-state index in [1.807, 2.05) is 6.07 Å². The number of hydrogen-bond acceptors (Lipinski definition) is 3. The number of amides is 1. The summed E-state index contributed by atoms with van der Waals surface area (Å²) < 4.78 is 0. The molecule has 0 aromatic heterocycles. The van der Waals surface area contributed by atoms with Crippen molar-refractivity contribution in [1.82, 2.24) is 4.90 Å². The molecule has 1 fully saturated rings. The van der Waals surface area contributed by atoms with Crippen LogP contribution in [0.1, 0.15) is 43.0 Å². The van der Waals surface area contributed by atoms with Crippen molar-refractivity contribution in [1.29, 1.82) is 0 Å². The normalized spacial score (nSPS) is 21.4. The van der Waals surface area contributed by atoms with Crippen molar-refractivity contribution in [2.75, 3.05) is 6.54 Å². The molecule has 0 radical (unpaired) electrons. The number of carboxylic acids is 1. The van der Waals surface area contributed by atoms with Crippen LogP contribution in [0.2, 0.25) is 0 Å². The van der Waals surface area contributed by atoms with Gasteiger partial charge in [-0.2, -0.15) is 0 Å². The minimum absolute atomic E-state index is 0.0617. The van der Waals surface area contributed by atoms with Gasteiger partial charge < -0.3 is 10.0 Å². The van der Waals surface area contributed by atoms with Crippen LogP contribution in [0.4, 0.5) is 0 Å². The molecule has 2 atom stereocenters. The smallest absolute Gasteiger partial charge is 0.308 e. The second-order valence-electron chi connectivity index (χ2n) is 5.70. The lowest BCUT2D eigenvalue weighted by Gasteiger charge is -2.37. The number of ketones is 1. The van der Waals surface area contributed by atoms with Crippen LogP contribution in [0.5, 0.6) is 0 Å². The van der Waals surface area contributed by atoms with E-state index < -0.39 is 11.9 Å². The lowest BCUT2D eigenvalue weighted by atomic mass is 9.90. The Kier molecular flexibility index (Phi) is 5.31. The number of piperidine rings is 1. The molecule has 2 rings (SSSR count). The highest BCUT2D eigenvalue weighted by atomic mass is 16.4. The zero-order chi connectivity index (χ0) is 16.1. The van der Waals surface area contributed by atoms with Gasteiger partial charge >= 0.3 is 5.97 Å². The number of carboxylic acid groups (broad SMARTS) is 1. The molecule has 0 spiro atoms. The number of nitrogens with zero attached hydrogens (tertiary/aromatic N) is 1. The Balaban J connectivity index is 1.92. The molecule has 1 aromatic rings. The highest BCUT2D eigenvalue weighted by Crippen LogP contribution is 2.24. The Hall–Kier alpha value is -2.17. The zero-order valence-electron chi connectivity index (χ0n) is 12.7. The fraction of sp³-hybridized carbons (Fsp3) is 0.471. The average molecular weight is 303 g/mol. The van der Waals surface area contributed by atoms with E-state index in [0.29, 0.717) is 24.9 Å². The van der Waals surface area contributed by atoms with Crippen molar-refractivity contribution in [2.24, 2.45) is 5.92 Å². The fourth-order valence-corrected chi connectivity index (χ4v) is 2.96. The van der Waals surface area contributed by atoms with E-state index in [2.05, 4.69) is 0 Å². The predicted molar refractivity (Wildman–Crippen MR) is 81.5 cm³/mol.